The molecule has 1 N–H and O–H groups in total. The van der Waals surface area contributed by atoms with Gasteiger partial charge in [0, 0.05) is 25.5 Å². The van der Waals surface area contributed by atoms with E-state index in [9.17, 15) is 4.79 Å². The second-order valence-corrected chi connectivity index (χ2v) is 4.81. The van der Waals surface area contributed by atoms with E-state index < -0.39 is 0 Å². The summed E-state index contributed by atoms with van der Waals surface area (Å²) < 4.78 is 0. The van der Waals surface area contributed by atoms with Crippen molar-refractivity contribution in [2.75, 3.05) is 13.1 Å². The van der Waals surface area contributed by atoms with Crippen LogP contribution < -0.4 is 5.43 Å². The first-order valence-corrected chi connectivity index (χ1v) is 6.89. The zero-order chi connectivity index (χ0) is 14.5. The molecule has 1 aliphatic rings. The van der Waals surface area contributed by atoms with Gasteiger partial charge in [0.15, 0.2) is 12.0 Å². The van der Waals surface area contributed by atoms with Crippen LogP contribution in [-0.4, -0.2) is 54.2 Å². The summed E-state index contributed by atoms with van der Waals surface area (Å²) in [6, 6.07) is 0. The van der Waals surface area contributed by atoms with E-state index in [1.54, 1.807) is 6.20 Å². The second-order valence-electron chi connectivity index (χ2n) is 4.81. The first kappa shape index (κ1) is 13.6. The molecule has 0 aromatic carbocycles. The van der Waals surface area contributed by atoms with Crippen LogP contribution in [0.3, 0.4) is 0 Å². The first-order chi connectivity index (χ1) is 10.3. The molecule has 0 bridgehead atoms. The molecule has 0 aliphatic carbocycles. The molecule has 1 fully saturated rings. The minimum atomic E-state index is -0.250. The number of hydrogen-bond donors (Lipinski definition) is 1. The lowest BCUT2D eigenvalue weighted by Crippen LogP contribution is -2.45. The van der Waals surface area contributed by atoms with Crippen LogP contribution in [0.2, 0.25) is 0 Å². The Morgan fingerprint density at radius 2 is 2.00 bits per heavy atom. The summed E-state index contributed by atoms with van der Waals surface area (Å²) in [5.74, 6) is -0.250. The van der Waals surface area contributed by atoms with Crippen molar-refractivity contribution in [2.45, 2.75) is 25.8 Å². The number of carbonyl (C=O) groups excluding carboxylic acids is 1. The smallest absolute Gasteiger partial charge is 0.283 e. The number of tetrazole rings is 1. The van der Waals surface area contributed by atoms with E-state index in [1.165, 1.54) is 23.7 Å². The molecule has 3 rings (SSSR count). The van der Waals surface area contributed by atoms with Crippen LogP contribution in [-0.2, 0) is 6.54 Å². The van der Waals surface area contributed by atoms with E-state index in [2.05, 4.69) is 30.8 Å². The van der Waals surface area contributed by atoms with Crippen molar-refractivity contribution >= 4 is 5.91 Å². The van der Waals surface area contributed by atoms with Gasteiger partial charge < -0.3 is 0 Å². The number of carbonyl (C=O) groups is 1. The van der Waals surface area contributed by atoms with Crippen LogP contribution in [0.15, 0.2) is 18.7 Å². The Bertz CT molecular complexity index is 593. The van der Waals surface area contributed by atoms with Gasteiger partial charge in [-0.25, -0.2) is 9.99 Å². The van der Waals surface area contributed by atoms with Gasteiger partial charge in [-0.1, -0.05) is 6.42 Å². The maximum atomic E-state index is 12.3. The molecule has 9 heteroatoms. The average Bonchev–Trinajstić information content (AvgIpc) is 3.02. The summed E-state index contributed by atoms with van der Waals surface area (Å²) >= 11 is 0. The van der Waals surface area contributed by atoms with Gasteiger partial charge in [-0.15, -0.1) is 10.2 Å². The molecule has 110 valence electrons. The summed E-state index contributed by atoms with van der Waals surface area (Å²) in [5, 5.41) is 13.2. The third-order valence-electron chi connectivity index (χ3n) is 3.29. The summed E-state index contributed by atoms with van der Waals surface area (Å²) in [6.45, 7) is 1.99. The molecule has 1 saturated heterocycles. The van der Waals surface area contributed by atoms with Gasteiger partial charge in [0.05, 0.1) is 5.69 Å². The van der Waals surface area contributed by atoms with E-state index >= 15 is 0 Å². The average molecular weight is 288 g/mol. The van der Waals surface area contributed by atoms with Crippen LogP contribution in [0.5, 0.6) is 0 Å². The number of piperidine rings is 1. The summed E-state index contributed by atoms with van der Waals surface area (Å²) in [7, 11) is 0. The Hall–Kier alpha value is -2.42. The third kappa shape index (κ3) is 3.37. The number of aromatic nitrogens is 6. The lowest BCUT2D eigenvalue weighted by molar-refractivity contribution is 0.0743. The highest BCUT2D eigenvalue weighted by Crippen LogP contribution is 2.08. The number of amides is 1. The first-order valence-electron chi connectivity index (χ1n) is 6.89. The molecule has 1 amide bonds. The fourth-order valence-electron chi connectivity index (χ4n) is 2.27. The monoisotopic (exact) mass is 288 g/mol. The fourth-order valence-corrected chi connectivity index (χ4v) is 2.27. The molecule has 0 radical (unpaired) electrons. The Balaban J connectivity index is 1.73. The van der Waals surface area contributed by atoms with Gasteiger partial charge >= 0.3 is 0 Å². The number of hydrazine groups is 1. The van der Waals surface area contributed by atoms with Gasteiger partial charge in [-0.05, 0) is 18.1 Å². The third-order valence-corrected chi connectivity index (χ3v) is 3.29. The molecule has 2 aromatic heterocycles. The number of hydrogen-bond acceptors (Lipinski definition) is 7. The largest absolute Gasteiger partial charge is 0.286 e. The summed E-state index contributed by atoms with van der Waals surface area (Å²) in [4.78, 5) is 22.0. The van der Waals surface area contributed by atoms with Crippen molar-refractivity contribution in [3.63, 3.8) is 0 Å². The van der Waals surface area contributed by atoms with Gasteiger partial charge in [0.1, 0.15) is 6.54 Å². The quantitative estimate of drug-likeness (QED) is 0.819. The molecule has 2 aromatic rings. The van der Waals surface area contributed by atoms with E-state index in [0.717, 1.165) is 25.9 Å². The zero-order valence-electron chi connectivity index (χ0n) is 11.5. The molecule has 0 saturated carbocycles. The Labute approximate surface area is 121 Å². The SMILES string of the molecule is O=C(NN1CCCCC1)c1nccnc1Cn1ncnn1. The predicted molar refractivity (Wildman–Crippen MR) is 71.8 cm³/mol. The minimum absolute atomic E-state index is 0.250. The van der Waals surface area contributed by atoms with Crippen molar-refractivity contribution < 1.29 is 4.79 Å². The van der Waals surface area contributed by atoms with Gasteiger partial charge in [-0.3, -0.25) is 15.2 Å². The van der Waals surface area contributed by atoms with Gasteiger partial charge in [0.2, 0.25) is 0 Å². The van der Waals surface area contributed by atoms with E-state index in [4.69, 9.17) is 0 Å². The molecule has 0 atom stereocenters. The Morgan fingerprint density at radius 1 is 1.19 bits per heavy atom. The molecule has 1 aliphatic heterocycles. The lowest BCUT2D eigenvalue weighted by Gasteiger charge is -2.26. The highest BCUT2D eigenvalue weighted by atomic mass is 16.2. The van der Waals surface area contributed by atoms with Gasteiger partial charge in [-0.2, -0.15) is 4.80 Å². The van der Waals surface area contributed by atoms with E-state index in [-0.39, 0.29) is 12.5 Å². The molecule has 0 unspecified atom stereocenters. The highest BCUT2D eigenvalue weighted by molar-refractivity contribution is 5.92. The molecule has 9 nitrogen and oxygen atoms in total. The van der Waals surface area contributed by atoms with Crippen molar-refractivity contribution in [3.05, 3.63) is 30.1 Å². The van der Waals surface area contributed by atoms with Crippen LogP contribution in [0.25, 0.3) is 0 Å². The molecule has 21 heavy (non-hydrogen) atoms. The number of rotatable bonds is 4. The number of nitrogens with zero attached hydrogens (tertiary/aromatic N) is 7. The normalized spacial score (nSPS) is 15.8. The Kier molecular flexibility index (Phi) is 4.10. The van der Waals surface area contributed by atoms with Crippen molar-refractivity contribution in [1.82, 2.24) is 40.6 Å². The lowest BCUT2D eigenvalue weighted by atomic mass is 10.2. The fraction of sp³-hybridized carbons (Fsp3) is 0.500. The van der Waals surface area contributed by atoms with Crippen LogP contribution in [0.1, 0.15) is 35.4 Å². The maximum Gasteiger partial charge on any atom is 0.286 e. The zero-order valence-corrected chi connectivity index (χ0v) is 11.5. The van der Waals surface area contributed by atoms with Crippen molar-refractivity contribution in [1.29, 1.82) is 0 Å². The van der Waals surface area contributed by atoms with Crippen LogP contribution in [0, 0.1) is 0 Å². The minimum Gasteiger partial charge on any atom is -0.283 e. The predicted octanol–water partition coefficient (Wildman–Crippen LogP) is -0.358. The molecular formula is C12H16N8O. The van der Waals surface area contributed by atoms with Gasteiger partial charge in [0.25, 0.3) is 5.91 Å². The summed E-state index contributed by atoms with van der Waals surface area (Å²) in [6.07, 6.45) is 7.78. The van der Waals surface area contributed by atoms with Crippen LogP contribution in [0.4, 0.5) is 0 Å². The number of nitrogens with one attached hydrogen (secondary N) is 1. The molecule has 3 heterocycles. The topological polar surface area (TPSA) is 102 Å². The second kappa shape index (κ2) is 6.35. The molecule has 0 spiro atoms. The maximum absolute atomic E-state index is 12.3. The van der Waals surface area contributed by atoms with Crippen molar-refractivity contribution in [2.24, 2.45) is 0 Å². The van der Waals surface area contributed by atoms with Crippen LogP contribution >= 0.6 is 0 Å². The highest BCUT2D eigenvalue weighted by Gasteiger charge is 2.19. The standard InChI is InChI=1S/C12H16N8O/c21-12(17-19-6-2-1-3-7-19)11-10(13-4-5-14-11)8-20-16-9-15-18-20/h4-5,9H,1-3,6-8H2,(H,17,21). The Morgan fingerprint density at radius 3 is 2.76 bits per heavy atom. The summed E-state index contributed by atoms with van der Waals surface area (Å²) in [5.41, 5.74) is 3.69. The van der Waals surface area contributed by atoms with Crippen molar-refractivity contribution in [3.8, 4) is 0 Å². The molecular weight excluding hydrogens is 272 g/mol. The van der Waals surface area contributed by atoms with E-state index in [0.29, 0.717) is 11.4 Å². The van der Waals surface area contributed by atoms with E-state index in [1.807, 2.05) is 5.01 Å².